The van der Waals surface area contributed by atoms with Gasteiger partial charge in [0, 0.05) is 53.7 Å². The van der Waals surface area contributed by atoms with E-state index >= 15 is 0 Å². The van der Waals surface area contributed by atoms with E-state index in [0.717, 1.165) is 68.7 Å². The van der Waals surface area contributed by atoms with Crippen LogP contribution in [-0.4, -0.2) is 35.4 Å². The van der Waals surface area contributed by atoms with Crippen LogP contribution in [0.15, 0.2) is 48.5 Å². The average molecular weight is 488 g/mol. The van der Waals surface area contributed by atoms with Crippen molar-refractivity contribution in [3.05, 3.63) is 65.2 Å². The summed E-state index contributed by atoms with van der Waals surface area (Å²) in [5.41, 5.74) is 8.58. The van der Waals surface area contributed by atoms with Crippen LogP contribution in [0.25, 0.3) is 11.3 Å². The van der Waals surface area contributed by atoms with Gasteiger partial charge >= 0.3 is 0 Å². The lowest BCUT2D eigenvalue weighted by atomic mass is 9.93. The molecule has 0 amide bonds. The van der Waals surface area contributed by atoms with Crippen molar-refractivity contribution in [1.82, 2.24) is 9.88 Å². The molecule has 0 saturated carbocycles. The summed E-state index contributed by atoms with van der Waals surface area (Å²) in [6.45, 7) is 11.2. The van der Waals surface area contributed by atoms with Crippen molar-refractivity contribution in [2.75, 3.05) is 18.5 Å². The summed E-state index contributed by atoms with van der Waals surface area (Å²) in [5, 5.41) is 3.71. The van der Waals surface area contributed by atoms with Gasteiger partial charge in [0.15, 0.2) is 5.88 Å². The van der Waals surface area contributed by atoms with Gasteiger partial charge in [0.05, 0.1) is 6.61 Å². The van der Waals surface area contributed by atoms with Crippen molar-refractivity contribution in [1.29, 1.82) is 0 Å². The minimum absolute atomic E-state index is 0.197. The molecule has 3 aromatic rings. The predicted molar refractivity (Wildman–Crippen MR) is 149 cm³/mol. The first-order valence-electron chi connectivity index (χ1n) is 13.6. The van der Waals surface area contributed by atoms with Gasteiger partial charge in [-0.15, -0.1) is 0 Å². The number of hydrogen-bond acceptors (Lipinski definition) is 4. The smallest absolute Gasteiger partial charge is 0.191 e. The van der Waals surface area contributed by atoms with E-state index in [1.54, 1.807) is 0 Å². The molecule has 4 rings (SSSR count). The molecule has 0 bridgehead atoms. The molecule has 192 valence electrons. The highest BCUT2D eigenvalue weighted by Crippen LogP contribution is 2.33. The number of aromatic nitrogens is 1. The molecular weight excluding hydrogens is 446 g/mol. The van der Waals surface area contributed by atoms with Crippen LogP contribution in [0.3, 0.4) is 0 Å². The highest BCUT2D eigenvalue weighted by Gasteiger charge is 2.24. The van der Waals surface area contributed by atoms with Gasteiger partial charge < -0.3 is 19.8 Å². The Labute approximate surface area is 216 Å². The van der Waals surface area contributed by atoms with Gasteiger partial charge in [0.1, 0.15) is 6.29 Å². The Balaban J connectivity index is 1.49. The third kappa shape index (κ3) is 6.01. The molecule has 2 N–H and O–H groups in total. The maximum atomic E-state index is 11.3. The van der Waals surface area contributed by atoms with Crippen molar-refractivity contribution < 1.29 is 9.53 Å². The van der Waals surface area contributed by atoms with Crippen LogP contribution in [-0.2, 0) is 17.8 Å². The lowest BCUT2D eigenvalue weighted by Gasteiger charge is -2.36. The molecule has 0 radical (unpaired) electrons. The number of hydrogen-bond donors (Lipinski definition) is 2. The molecule has 2 atom stereocenters. The van der Waals surface area contributed by atoms with E-state index in [0.29, 0.717) is 12.6 Å². The highest BCUT2D eigenvalue weighted by atomic mass is 16.5. The zero-order chi connectivity index (χ0) is 25.5. The second kappa shape index (κ2) is 12.3. The second-order valence-electron chi connectivity index (χ2n) is 9.93. The average Bonchev–Trinajstić information content (AvgIpc) is 3.36. The standard InChI is InChI=1S/C31H41N3O2/c1-5-23(21-35)12-14-26(6-2)34-18-17-27-24(20-34)9-8-10-29(27)32-25-13-11-22(4)28(19-25)30-15-16-31(33-30)36-7-3/h8-11,13,15-16,19,21,23,26,32-33H,5-7,12,14,17-18,20H2,1-4H3. The number of H-pyrrole nitrogens is 1. The Bertz CT molecular complexity index is 1150. The number of aldehydes is 1. The van der Waals surface area contributed by atoms with Crippen LogP contribution in [0, 0.1) is 12.8 Å². The van der Waals surface area contributed by atoms with Crippen LogP contribution >= 0.6 is 0 Å². The number of rotatable bonds is 12. The van der Waals surface area contributed by atoms with Crippen LogP contribution in [0.1, 0.15) is 63.1 Å². The van der Waals surface area contributed by atoms with Gasteiger partial charge in [-0.3, -0.25) is 4.90 Å². The largest absolute Gasteiger partial charge is 0.479 e. The highest BCUT2D eigenvalue weighted by molar-refractivity contribution is 5.73. The minimum atomic E-state index is 0.197. The number of nitrogens with zero attached hydrogens (tertiary/aromatic N) is 1. The molecule has 2 aromatic carbocycles. The molecule has 0 fully saturated rings. The molecule has 5 heteroatoms. The summed E-state index contributed by atoms with van der Waals surface area (Å²) in [4.78, 5) is 17.3. The van der Waals surface area contributed by atoms with Crippen LogP contribution in [0.2, 0.25) is 0 Å². The van der Waals surface area contributed by atoms with Gasteiger partial charge in [0.25, 0.3) is 0 Å². The molecule has 2 heterocycles. The molecule has 1 aliphatic rings. The zero-order valence-electron chi connectivity index (χ0n) is 22.3. The third-order valence-electron chi connectivity index (χ3n) is 7.64. The number of anilines is 2. The molecular formula is C31H41N3O2. The lowest BCUT2D eigenvalue weighted by molar-refractivity contribution is -0.111. The number of aryl methyl sites for hydroxylation is 1. The summed E-state index contributed by atoms with van der Waals surface area (Å²) in [6.07, 6.45) is 6.32. The van der Waals surface area contributed by atoms with E-state index in [9.17, 15) is 4.79 Å². The number of benzene rings is 2. The maximum Gasteiger partial charge on any atom is 0.191 e. The fraction of sp³-hybridized carbons (Fsp3) is 0.452. The Morgan fingerprint density at radius 2 is 1.94 bits per heavy atom. The number of ether oxygens (including phenoxy) is 1. The quantitative estimate of drug-likeness (QED) is 0.264. The Morgan fingerprint density at radius 1 is 1.08 bits per heavy atom. The molecule has 0 aliphatic carbocycles. The third-order valence-corrected chi connectivity index (χ3v) is 7.64. The normalized spacial score (nSPS) is 15.2. The zero-order valence-corrected chi connectivity index (χ0v) is 22.3. The summed E-state index contributed by atoms with van der Waals surface area (Å²) >= 11 is 0. The topological polar surface area (TPSA) is 57.4 Å². The molecule has 0 saturated heterocycles. The first kappa shape index (κ1) is 26.0. The number of nitrogens with one attached hydrogen (secondary N) is 2. The van der Waals surface area contributed by atoms with Gasteiger partial charge in [-0.05, 0) is 86.9 Å². The van der Waals surface area contributed by atoms with Gasteiger partial charge in [-0.2, -0.15) is 0 Å². The number of fused-ring (bicyclic) bond motifs is 1. The summed E-state index contributed by atoms with van der Waals surface area (Å²) in [6, 6.07) is 17.8. The van der Waals surface area contributed by atoms with Crippen LogP contribution in [0.4, 0.5) is 11.4 Å². The number of carbonyl (C=O) groups excluding carboxylic acids is 1. The SMILES string of the molecule is CCOc1ccc(-c2cc(Nc3cccc4c3CCN(C(CC)CCC(C=O)CC)C4)ccc2C)[nH]1. The fourth-order valence-corrected chi connectivity index (χ4v) is 5.40. The Hall–Kier alpha value is -3.05. The van der Waals surface area contributed by atoms with Gasteiger partial charge in [-0.1, -0.05) is 32.0 Å². The fourth-order valence-electron chi connectivity index (χ4n) is 5.40. The van der Waals surface area contributed by atoms with E-state index in [1.807, 2.05) is 13.0 Å². The molecule has 0 spiro atoms. The van der Waals surface area contributed by atoms with Crippen LogP contribution < -0.4 is 10.1 Å². The summed E-state index contributed by atoms with van der Waals surface area (Å²) in [7, 11) is 0. The van der Waals surface area contributed by atoms with Gasteiger partial charge in [0.2, 0.25) is 0 Å². The molecule has 36 heavy (non-hydrogen) atoms. The monoisotopic (exact) mass is 487 g/mol. The van der Waals surface area contributed by atoms with Crippen molar-refractivity contribution in [3.8, 4) is 17.1 Å². The summed E-state index contributed by atoms with van der Waals surface area (Å²) in [5.74, 6) is 0.997. The second-order valence-corrected chi connectivity index (χ2v) is 9.93. The number of aromatic amines is 1. The Morgan fingerprint density at radius 3 is 2.69 bits per heavy atom. The minimum Gasteiger partial charge on any atom is -0.479 e. The maximum absolute atomic E-state index is 11.3. The van der Waals surface area contributed by atoms with Crippen molar-refractivity contribution >= 4 is 17.7 Å². The lowest BCUT2D eigenvalue weighted by Crippen LogP contribution is -2.39. The molecule has 1 aromatic heterocycles. The van der Waals surface area contributed by atoms with E-state index in [4.69, 9.17) is 4.74 Å². The van der Waals surface area contributed by atoms with E-state index in [1.165, 1.54) is 27.9 Å². The van der Waals surface area contributed by atoms with Crippen molar-refractivity contribution in [3.63, 3.8) is 0 Å². The number of carbonyl (C=O) groups is 1. The molecule has 2 unspecified atom stereocenters. The van der Waals surface area contributed by atoms with E-state index < -0.39 is 0 Å². The Kier molecular flexibility index (Phi) is 8.87. The first-order valence-corrected chi connectivity index (χ1v) is 13.6. The van der Waals surface area contributed by atoms with Crippen LogP contribution in [0.5, 0.6) is 5.88 Å². The van der Waals surface area contributed by atoms with Crippen molar-refractivity contribution in [2.24, 2.45) is 5.92 Å². The first-order chi connectivity index (χ1) is 17.6. The van der Waals surface area contributed by atoms with Gasteiger partial charge in [-0.25, -0.2) is 0 Å². The molecule has 5 nitrogen and oxygen atoms in total. The van der Waals surface area contributed by atoms with Crippen molar-refractivity contribution in [2.45, 2.75) is 72.4 Å². The van der Waals surface area contributed by atoms with E-state index in [2.05, 4.69) is 78.4 Å². The van der Waals surface area contributed by atoms with E-state index in [-0.39, 0.29) is 5.92 Å². The predicted octanol–water partition coefficient (Wildman–Crippen LogP) is 7.27. The summed E-state index contributed by atoms with van der Waals surface area (Å²) < 4.78 is 5.62. The molecule has 1 aliphatic heterocycles.